The van der Waals surface area contributed by atoms with Crippen molar-refractivity contribution >= 4 is 49.3 Å². The van der Waals surface area contributed by atoms with Crippen molar-refractivity contribution < 1.29 is 0 Å². The van der Waals surface area contributed by atoms with Gasteiger partial charge in [-0.3, -0.25) is 4.57 Å². The molecule has 0 spiro atoms. The number of fused-ring (bicyclic) bond motifs is 6. The maximum absolute atomic E-state index is 6.64. The highest BCUT2D eigenvalue weighted by Gasteiger charge is 2.45. The Morgan fingerprint density at radius 1 is 0.434 bits per heavy atom. The molecule has 0 aliphatic heterocycles. The highest BCUT2D eigenvalue weighted by Crippen LogP contribution is 2.59. The minimum Gasteiger partial charge on any atom is -0.369 e. The lowest BCUT2D eigenvalue weighted by Crippen LogP contribution is -2.34. The van der Waals surface area contributed by atoms with E-state index in [4.69, 9.17) is 10.7 Å². The second kappa shape index (κ2) is 11.3. The van der Waals surface area contributed by atoms with Gasteiger partial charge in [-0.15, -0.1) is 0 Å². The van der Waals surface area contributed by atoms with E-state index in [1.54, 1.807) is 0 Å². The molecule has 1 aliphatic carbocycles. The van der Waals surface area contributed by atoms with Crippen molar-refractivity contribution in [2.45, 2.75) is 5.41 Å². The van der Waals surface area contributed by atoms with E-state index < -0.39 is 5.41 Å². The van der Waals surface area contributed by atoms with Gasteiger partial charge in [0.05, 0.1) is 22.1 Å². The van der Waals surface area contributed by atoms with E-state index in [0.717, 1.165) is 22.1 Å². The normalized spacial score (nSPS) is 13.1. The van der Waals surface area contributed by atoms with Crippen LogP contribution >= 0.6 is 0 Å². The highest BCUT2D eigenvalue weighted by molar-refractivity contribution is 6.23. The zero-order valence-corrected chi connectivity index (χ0v) is 28.9. The van der Waals surface area contributed by atoms with Crippen LogP contribution in [0.4, 0.5) is 5.95 Å². The maximum Gasteiger partial charge on any atom is 0.205 e. The fraction of sp³-hybridized carbons (Fsp3) is 0.0200. The van der Waals surface area contributed by atoms with Crippen LogP contribution in [0.5, 0.6) is 0 Å². The van der Waals surface area contributed by atoms with Gasteiger partial charge in [0.15, 0.2) is 0 Å². The van der Waals surface area contributed by atoms with E-state index in [9.17, 15) is 0 Å². The molecule has 2 N–H and O–H groups in total. The molecule has 10 aromatic rings. The summed E-state index contributed by atoms with van der Waals surface area (Å²) < 4.78 is 2.09. The standard InChI is InChI=1S/C50H33N3/c51-49-52-43-28-13-14-29-45(43)53(49)44-31-30-39(34-20-7-8-22-36(34)44)46-38-23-9-10-24-40(38)48-47-37(25-15-26-41(46)47)35-21-11-12-27-42(35)50(48,32-16-3-1-4-17-32)33-18-5-2-6-19-33/h1-31H,(H2,51,52). The van der Waals surface area contributed by atoms with E-state index in [1.807, 2.05) is 18.2 Å². The van der Waals surface area contributed by atoms with Crippen molar-refractivity contribution in [1.82, 2.24) is 9.55 Å². The Balaban J connectivity index is 1.32. The predicted molar refractivity (Wildman–Crippen MR) is 221 cm³/mol. The molecule has 0 unspecified atom stereocenters. The molecule has 0 bridgehead atoms. The number of imidazole rings is 1. The Hall–Kier alpha value is -6.97. The molecule has 0 saturated carbocycles. The number of nitrogens with two attached hydrogens (primary N) is 1. The number of benzene rings is 9. The fourth-order valence-electron chi connectivity index (χ4n) is 9.45. The Labute approximate surface area is 307 Å². The fourth-order valence-corrected chi connectivity index (χ4v) is 9.45. The molecule has 9 aromatic carbocycles. The molecule has 0 saturated heterocycles. The largest absolute Gasteiger partial charge is 0.369 e. The number of hydrogen-bond donors (Lipinski definition) is 1. The van der Waals surface area contributed by atoms with E-state index in [2.05, 4.69) is 174 Å². The van der Waals surface area contributed by atoms with Gasteiger partial charge in [-0.05, 0) is 89.6 Å². The molecule has 3 heteroatoms. The minimum absolute atomic E-state index is 0.480. The van der Waals surface area contributed by atoms with Crippen LogP contribution < -0.4 is 5.73 Å². The Morgan fingerprint density at radius 2 is 1.02 bits per heavy atom. The number of anilines is 1. The van der Waals surface area contributed by atoms with Crippen LogP contribution in [0, 0.1) is 0 Å². The quantitative estimate of drug-likeness (QED) is 0.189. The van der Waals surface area contributed by atoms with Crippen molar-refractivity contribution in [3.05, 3.63) is 210 Å². The molecule has 3 nitrogen and oxygen atoms in total. The second-order valence-corrected chi connectivity index (χ2v) is 14.0. The molecule has 53 heavy (non-hydrogen) atoms. The van der Waals surface area contributed by atoms with Crippen LogP contribution in [0.15, 0.2) is 188 Å². The van der Waals surface area contributed by atoms with Crippen LogP contribution in [0.2, 0.25) is 0 Å². The van der Waals surface area contributed by atoms with Crippen molar-refractivity contribution in [2.24, 2.45) is 0 Å². The van der Waals surface area contributed by atoms with E-state index in [1.165, 1.54) is 71.4 Å². The van der Waals surface area contributed by atoms with Gasteiger partial charge in [0.25, 0.3) is 0 Å². The van der Waals surface area contributed by atoms with Gasteiger partial charge < -0.3 is 5.73 Å². The first-order valence-electron chi connectivity index (χ1n) is 18.2. The highest BCUT2D eigenvalue weighted by atomic mass is 15.2. The summed E-state index contributed by atoms with van der Waals surface area (Å²) >= 11 is 0. The summed E-state index contributed by atoms with van der Waals surface area (Å²) in [6.45, 7) is 0. The van der Waals surface area contributed by atoms with Crippen molar-refractivity contribution in [3.63, 3.8) is 0 Å². The lowest BCUT2D eigenvalue weighted by Gasteiger charge is -2.43. The molecule has 0 radical (unpaired) electrons. The van der Waals surface area contributed by atoms with Gasteiger partial charge in [-0.2, -0.15) is 0 Å². The SMILES string of the molecule is Nc1nc2ccccc2n1-c1ccc(-c2c3ccccc3c3c4c(cccc24)-c2ccccc2C3(c2ccccc2)c2ccccc2)c2ccccc12. The lowest BCUT2D eigenvalue weighted by molar-refractivity contribution is 0.757. The summed E-state index contributed by atoms with van der Waals surface area (Å²) in [5.41, 5.74) is 19.1. The van der Waals surface area contributed by atoms with Crippen molar-refractivity contribution in [3.8, 4) is 27.9 Å². The summed E-state index contributed by atoms with van der Waals surface area (Å²) in [7, 11) is 0. The molecule has 0 fully saturated rings. The zero-order valence-electron chi connectivity index (χ0n) is 28.9. The third kappa shape index (κ3) is 4.02. The van der Waals surface area contributed by atoms with Gasteiger partial charge in [0, 0.05) is 5.39 Å². The zero-order chi connectivity index (χ0) is 35.1. The summed E-state index contributed by atoms with van der Waals surface area (Å²) in [5.74, 6) is 0.480. The van der Waals surface area contributed by atoms with Crippen LogP contribution in [0.25, 0.3) is 71.3 Å². The van der Waals surface area contributed by atoms with E-state index >= 15 is 0 Å². The molecule has 0 amide bonds. The second-order valence-electron chi connectivity index (χ2n) is 14.0. The molecule has 1 heterocycles. The van der Waals surface area contributed by atoms with Gasteiger partial charge >= 0.3 is 0 Å². The average Bonchev–Trinajstić information content (AvgIpc) is 3.56. The number of rotatable bonds is 4. The summed E-state index contributed by atoms with van der Waals surface area (Å²) in [5, 5.41) is 7.31. The van der Waals surface area contributed by atoms with Gasteiger partial charge in [-0.25, -0.2) is 4.98 Å². The Kier molecular flexibility index (Phi) is 6.32. The molecule has 248 valence electrons. The number of nitrogens with zero attached hydrogens (tertiary/aromatic N) is 2. The molecule has 1 aliphatic rings. The summed E-state index contributed by atoms with van der Waals surface area (Å²) in [6, 6.07) is 68.6. The lowest BCUT2D eigenvalue weighted by atomic mass is 9.58. The van der Waals surface area contributed by atoms with Gasteiger partial charge in [0.1, 0.15) is 0 Å². The summed E-state index contributed by atoms with van der Waals surface area (Å²) in [4.78, 5) is 4.72. The van der Waals surface area contributed by atoms with Crippen LogP contribution in [0.1, 0.15) is 22.3 Å². The Morgan fingerprint density at radius 3 is 1.79 bits per heavy atom. The third-order valence-electron chi connectivity index (χ3n) is 11.5. The maximum atomic E-state index is 6.64. The van der Waals surface area contributed by atoms with Gasteiger partial charge in [0.2, 0.25) is 5.95 Å². The Bertz CT molecular complexity index is 3030. The van der Waals surface area contributed by atoms with Crippen LogP contribution in [-0.2, 0) is 5.41 Å². The number of aromatic nitrogens is 2. The van der Waals surface area contributed by atoms with E-state index in [0.29, 0.717) is 5.95 Å². The first-order chi connectivity index (χ1) is 26.2. The number of hydrogen-bond acceptors (Lipinski definition) is 2. The van der Waals surface area contributed by atoms with Gasteiger partial charge in [-0.1, -0.05) is 170 Å². The predicted octanol–water partition coefficient (Wildman–Crippen LogP) is 12.1. The first kappa shape index (κ1) is 29.7. The molecule has 0 atom stereocenters. The smallest absolute Gasteiger partial charge is 0.205 e. The van der Waals surface area contributed by atoms with E-state index in [-0.39, 0.29) is 0 Å². The van der Waals surface area contributed by atoms with Crippen molar-refractivity contribution in [2.75, 3.05) is 5.73 Å². The monoisotopic (exact) mass is 675 g/mol. The molecular weight excluding hydrogens is 643 g/mol. The topological polar surface area (TPSA) is 43.8 Å². The summed E-state index contributed by atoms with van der Waals surface area (Å²) in [6.07, 6.45) is 0. The molecular formula is C50H33N3. The minimum atomic E-state index is -0.560. The first-order valence-corrected chi connectivity index (χ1v) is 18.2. The van der Waals surface area contributed by atoms with Crippen LogP contribution in [0.3, 0.4) is 0 Å². The number of para-hydroxylation sites is 2. The van der Waals surface area contributed by atoms with Crippen molar-refractivity contribution in [1.29, 1.82) is 0 Å². The third-order valence-corrected chi connectivity index (χ3v) is 11.5. The molecule has 1 aromatic heterocycles. The average molecular weight is 676 g/mol. The van der Waals surface area contributed by atoms with Crippen LogP contribution in [-0.4, -0.2) is 9.55 Å². The number of nitrogen functional groups attached to an aromatic ring is 1. The molecule has 11 rings (SSSR count).